The SMILES string of the molecule is C#CCC(CC)NCCCOCCOC. The molecule has 0 spiro atoms. The van der Waals surface area contributed by atoms with Crippen LogP contribution < -0.4 is 5.32 Å². The summed E-state index contributed by atoms with van der Waals surface area (Å²) < 4.78 is 10.2. The Labute approximate surface area is 93.5 Å². The minimum atomic E-state index is 0.453. The van der Waals surface area contributed by atoms with E-state index in [-0.39, 0.29) is 0 Å². The Kier molecular flexibility index (Phi) is 11.1. The van der Waals surface area contributed by atoms with Crippen molar-refractivity contribution in [3.8, 4) is 12.3 Å². The van der Waals surface area contributed by atoms with Crippen LogP contribution in [0.4, 0.5) is 0 Å². The van der Waals surface area contributed by atoms with Crippen molar-refractivity contribution in [2.75, 3.05) is 33.5 Å². The summed E-state index contributed by atoms with van der Waals surface area (Å²) in [6.45, 7) is 5.24. The molecule has 1 N–H and O–H groups in total. The predicted octanol–water partition coefficient (Wildman–Crippen LogP) is 1.43. The van der Waals surface area contributed by atoms with Crippen molar-refractivity contribution in [3.63, 3.8) is 0 Å². The van der Waals surface area contributed by atoms with E-state index in [1.54, 1.807) is 7.11 Å². The Morgan fingerprint density at radius 2 is 2.13 bits per heavy atom. The molecule has 0 saturated carbocycles. The van der Waals surface area contributed by atoms with Crippen molar-refractivity contribution in [3.05, 3.63) is 0 Å². The standard InChI is InChI=1S/C12H23NO2/c1-4-7-12(5-2)13-8-6-9-15-11-10-14-3/h1,12-13H,5-11H2,2-3H3. The Bertz CT molecular complexity index is 165. The number of methoxy groups -OCH3 is 1. The maximum atomic E-state index is 5.34. The van der Waals surface area contributed by atoms with Gasteiger partial charge in [-0.1, -0.05) is 6.92 Å². The third-order valence-electron chi connectivity index (χ3n) is 2.19. The molecule has 0 aromatic rings. The first-order valence-electron chi connectivity index (χ1n) is 5.58. The molecule has 3 nitrogen and oxygen atoms in total. The van der Waals surface area contributed by atoms with Crippen LogP contribution in [0.5, 0.6) is 0 Å². The number of terminal acetylenes is 1. The average molecular weight is 213 g/mol. The maximum absolute atomic E-state index is 5.34. The molecule has 0 fully saturated rings. The fourth-order valence-corrected chi connectivity index (χ4v) is 1.23. The van der Waals surface area contributed by atoms with Gasteiger partial charge in [0.05, 0.1) is 13.2 Å². The molecule has 0 aromatic carbocycles. The van der Waals surface area contributed by atoms with Crippen LogP contribution in [-0.4, -0.2) is 39.5 Å². The highest BCUT2D eigenvalue weighted by atomic mass is 16.5. The zero-order valence-corrected chi connectivity index (χ0v) is 9.92. The van der Waals surface area contributed by atoms with E-state index in [4.69, 9.17) is 15.9 Å². The topological polar surface area (TPSA) is 30.5 Å². The third-order valence-corrected chi connectivity index (χ3v) is 2.19. The van der Waals surface area contributed by atoms with Gasteiger partial charge in [0.2, 0.25) is 0 Å². The normalized spacial score (nSPS) is 12.3. The molecule has 0 bridgehead atoms. The summed E-state index contributed by atoms with van der Waals surface area (Å²) >= 11 is 0. The van der Waals surface area contributed by atoms with E-state index in [0.29, 0.717) is 19.3 Å². The number of ether oxygens (including phenoxy) is 2. The molecule has 15 heavy (non-hydrogen) atoms. The van der Waals surface area contributed by atoms with Gasteiger partial charge in [0.1, 0.15) is 0 Å². The maximum Gasteiger partial charge on any atom is 0.0700 e. The van der Waals surface area contributed by atoms with Gasteiger partial charge in [-0.25, -0.2) is 0 Å². The van der Waals surface area contributed by atoms with Crippen molar-refractivity contribution in [2.45, 2.75) is 32.2 Å². The molecule has 0 aliphatic heterocycles. The Hall–Kier alpha value is -0.560. The first-order valence-corrected chi connectivity index (χ1v) is 5.58. The molecular formula is C12H23NO2. The second-order valence-corrected chi connectivity index (χ2v) is 3.43. The van der Waals surface area contributed by atoms with Gasteiger partial charge < -0.3 is 14.8 Å². The van der Waals surface area contributed by atoms with E-state index in [1.807, 2.05) is 0 Å². The molecule has 1 unspecified atom stereocenters. The number of hydrogen-bond acceptors (Lipinski definition) is 3. The molecule has 0 heterocycles. The van der Waals surface area contributed by atoms with Gasteiger partial charge in [0.15, 0.2) is 0 Å². The summed E-state index contributed by atoms with van der Waals surface area (Å²) in [5.74, 6) is 2.68. The van der Waals surface area contributed by atoms with Gasteiger partial charge in [-0.15, -0.1) is 12.3 Å². The number of rotatable bonds is 10. The van der Waals surface area contributed by atoms with Crippen molar-refractivity contribution in [1.29, 1.82) is 0 Å². The van der Waals surface area contributed by atoms with E-state index >= 15 is 0 Å². The first-order chi connectivity index (χ1) is 7.35. The van der Waals surface area contributed by atoms with Crippen molar-refractivity contribution in [1.82, 2.24) is 5.32 Å². The van der Waals surface area contributed by atoms with Gasteiger partial charge in [0.25, 0.3) is 0 Å². The summed E-state index contributed by atoms with van der Waals surface area (Å²) in [4.78, 5) is 0. The van der Waals surface area contributed by atoms with Crippen LogP contribution in [0.2, 0.25) is 0 Å². The first kappa shape index (κ1) is 14.4. The largest absolute Gasteiger partial charge is 0.382 e. The number of hydrogen-bond donors (Lipinski definition) is 1. The summed E-state index contributed by atoms with van der Waals surface area (Å²) in [5, 5.41) is 3.41. The predicted molar refractivity (Wildman–Crippen MR) is 62.8 cm³/mol. The number of nitrogens with one attached hydrogen (secondary N) is 1. The molecule has 0 saturated heterocycles. The highest BCUT2D eigenvalue weighted by Gasteiger charge is 2.01. The third kappa shape index (κ3) is 9.74. The smallest absolute Gasteiger partial charge is 0.0700 e. The van der Waals surface area contributed by atoms with Crippen LogP contribution in [0.3, 0.4) is 0 Å². The highest BCUT2D eigenvalue weighted by Crippen LogP contribution is 1.95. The Balaban J connectivity index is 3.18. The van der Waals surface area contributed by atoms with Crippen LogP contribution in [-0.2, 0) is 9.47 Å². The average Bonchev–Trinajstić information content (AvgIpc) is 2.26. The Morgan fingerprint density at radius 3 is 2.73 bits per heavy atom. The van der Waals surface area contributed by atoms with Crippen LogP contribution >= 0.6 is 0 Å². The zero-order chi connectivity index (χ0) is 11.4. The fraction of sp³-hybridized carbons (Fsp3) is 0.833. The second kappa shape index (κ2) is 11.5. The molecule has 0 radical (unpaired) electrons. The van der Waals surface area contributed by atoms with E-state index in [0.717, 1.165) is 32.4 Å². The molecule has 1 atom stereocenters. The van der Waals surface area contributed by atoms with Crippen LogP contribution in [0.1, 0.15) is 26.2 Å². The minimum Gasteiger partial charge on any atom is -0.382 e. The van der Waals surface area contributed by atoms with E-state index in [1.165, 1.54) is 0 Å². The molecule has 0 aliphatic carbocycles. The van der Waals surface area contributed by atoms with Crippen LogP contribution in [0.15, 0.2) is 0 Å². The van der Waals surface area contributed by atoms with Gasteiger partial charge >= 0.3 is 0 Å². The minimum absolute atomic E-state index is 0.453. The van der Waals surface area contributed by atoms with Gasteiger partial charge in [-0.3, -0.25) is 0 Å². The molecule has 0 amide bonds. The molecule has 88 valence electrons. The fourth-order valence-electron chi connectivity index (χ4n) is 1.23. The quantitative estimate of drug-likeness (QED) is 0.440. The summed E-state index contributed by atoms with van der Waals surface area (Å²) in [5.41, 5.74) is 0. The highest BCUT2D eigenvalue weighted by molar-refractivity contribution is 4.89. The van der Waals surface area contributed by atoms with Gasteiger partial charge in [-0.05, 0) is 19.4 Å². The molecule has 0 aromatic heterocycles. The van der Waals surface area contributed by atoms with Crippen molar-refractivity contribution in [2.24, 2.45) is 0 Å². The van der Waals surface area contributed by atoms with Gasteiger partial charge in [0, 0.05) is 26.2 Å². The molecule has 3 heteroatoms. The molecular weight excluding hydrogens is 190 g/mol. The second-order valence-electron chi connectivity index (χ2n) is 3.43. The lowest BCUT2D eigenvalue weighted by Crippen LogP contribution is -2.29. The lowest BCUT2D eigenvalue weighted by atomic mass is 10.1. The summed E-state index contributed by atoms with van der Waals surface area (Å²) in [7, 11) is 1.68. The van der Waals surface area contributed by atoms with E-state index in [9.17, 15) is 0 Å². The van der Waals surface area contributed by atoms with E-state index in [2.05, 4.69) is 18.2 Å². The van der Waals surface area contributed by atoms with Crippen LogP contribution in [0, 0.1) is 12.3 Å². The van der Waals surface area contributed by atoms with E-state index < -0.39 is 0 Å². The lowest BCUT2D eigenvalue weighted by Gasteiger charge is -2.13. The Morgan fingerprint density at radius 1 is 1.33 bits per heavy atom. The molecule has 0 rings (SSSR count). The van der Waals surface area contributed by atoms with Crippen molar-refractivity contribution < 1.29 is 9.47 Å². The van der Waals surface area contributed by atoms with Gasteiger partial charge in [-0.2, -0.15) is 0 Å². The zero-order valence-electron chi connectivity index (χ0n) is 9.92. The summed E-state index contributed by atoms with van der Waals surface area (Å²) in [6, 6.07) is 0.453. The molecule has 0 aliphatic rings. The van der Waals surface area contributed by atoms with Crippen molar-refractivity contribution >= 4 is 0 Å². The monoisotopic (exact) mass is 213 g/mol. The van der Waals surface area contributed by atoms with Crippen LogP contribution in [0.25, 0.3) is 0 Å². The summed E-state index contributed by atoms with van der Waals surface area (Å²) in [6.07, 6.45) is 8.16. The lowest BCUT2D eigenvalue weighted by molar-refractivity contribution is 0.0692.